The van der Waals surface area contributed by atoms with Gasteiger partial charge < -0.3 is 14.8 Å². The molecular weight excluding hydrogens is 268 g/mol. The fraction of sp³-hybridized carbons (Fsp3) is 1.00. The fourth-order valence-electron chi connectivity index (χ4n) is 2.33. The number of hydrogen-bond acceptors (Lipinski definition) is 5. The van der Waals surface area contributed by atoms with Crippen LogP contribution < -0.4 is 10.0 Å². The van der Waals surface area contributed by atoms with Crippen LogP contribution in [0.25, 0.3) is 0 Å². The zero-order valence-electron chi connectivity index (χ0n) is 12.1. The second kappa shape index (κ2) is 7.54. The number of nitrogens with one attached hydrogen (secondary N) is 2. The Kier molecular flexibility index (Phi) is 6.68. The number of sulfonamides is 1. The van der Waals surface area contributed by atoms with E-state index in [0.717, 1.165) is 25.9 Å². The van der Waals surface area contributed by atoms with E-state index >= 15 is 0 Å². The molecule has 1 heterocycles. The van der Waals surface area contributed by atoms with Gasteiger partial charge in [0.25, 0.3) is 0 Å². The van der Waals surface area contributed by atoms with Gasteiger partial charge in [0.2, 0.25) is 10.0 Å². The van der Waals surface area contributed by atoms with Crippen LogP contribution in [0, 0.1) is 5.41 Å². The summed E-state index contributed by atoms with van der Waals surface area (Å²) in [5.41, 5.74) is -0.0939. The van der Waals surface area contributed by atoms with Crippen LogP contribution in [0.15, 0.2) is 0 Å². The summed E-state index contributed by atoms with van der Waals surface area (Å²) < 4.78 is 36.8. The van der Waals surface area contributed by atoms with Crippen LogP contribution in [0.1, 0.15) is 19.8 Å². The zero-order chi connectivity index (χ0) is 14.4. The van der Waals surface area contributed by atoms with Gasteiger partial charge in [0, 0.05) is 26.2 Å². The summed E-state index contributed by atoms with van der Waals surface area (Å²) in [7, 11) is -0.128. The van der Waals surface area contributed by atoms with E-state index in [0.29, 0.717) is 13.2 Å². The molecule has 0 aromatic heterocycles. The third kappa shape index (κ3) is 5.74. The summed E-state index contributed by atoms with van der Waals surface area (Å²) in [5.74, 6) is -0.00911. The minimum atomic E-state index is -3.30. The summed E-state index contributed by atoms with van der Waals surface area (Å²) in [6.45, 7) is 4.56. The second-order valence-electron chi connectivity index (χ2n) is 5.33. The van der Waals surface area contributed by atoms with E-state index in [1.54, 1.807) is 14.0 Å². The molecule has 1 rings (SSSR count). The molecule has 1 aliphatic heterocycles. The van der Waals surface area contributed by atoms with Gasteiger partial charge >= 0.3 is 0 Å². The van der Waals surface area contributed by atoms with E-state index < -0.39 is 10.0 Å². The molecule has 1 aliphatic rings. The minimum absolute atomic E-state index is 0.00911. The van der Waals surface area contributed by atoms with Gasteiger partial charge in [0.15, 0.2) is 0 Å². The smallest absolute Gasteiger partial charge is 0.214 e. The van der Waals surface area contributed by atoms with Crippen molar-refractivity contribution in [2.24, 2.45) is 5.41 Å². The van der Waals surface area contributed by atoms with E-state index in [1.807, 2.05) is 0 Å². The number of hydrogen-bond donors (Lipinski definition) is 2. The minimum Gasteiger partial charge on any atom is -0.384 e. The van der Waals surface area contributed by atoms with Crippen molar-refractivity contribution in [1.29, 1.82) is 0 Å². The number of rotatable bonds is 8. The van der Waals surface area contributed by atoms with Crippen LogP contribution in [0.2, 0.25) is 0 Å². The molecule has 7 heteroatoms. The molecule has 0 radical (unpaired) electrons. The van der Waals surface area contributed by atoms with E-state index in [2.05, 4.69) is 10.0 Å². The number of piperidine rings is 1. The Morgan fingerprint density at radius 3 is 2.47 bits per heavy atom. The first-order valence-corrected chi connectivity index (χ1v) is 8.28. The molecule has 114 valence electrons. The summed E-state index contributed by atoms with van der Waals surface area (Å²) in [6.07, 6.45) is 1.54. The van der Waals surface area contributed by atoms with Crippen LogP contribution in [-0.4, -0.2) is 60.7 Å². The van der Waals surface area contributed by atoms with E-state index in [1.165, 1.54) is 7.11 Å². The molecular formula is C12H26N2O4S. The maximum atomic E-state index is 11.9. The van der Waals surface area contributed by atoms with Crippen LogP contribution in [0.5, 0.6) is 0 Å². The standard InChI is InChI=1S/C12H26N2O4S/c1-11(18-3)8-19(15,16)14-9-12(10-17-2)4-6-13-7-5-12/h11,13-14H,4-10H2,1-3H3. The van der Waals surface area contributed by atoms with Crippen molar-refractivity contribution in [3.63, 3.8) is 0 Å². The van der Waals surface area contributed by atoms with Crippen LogP contribution in [0.3, 0.4) is 0 Å². The van der Waals surface area contributed by atoms with Crippen molar-refractivity contribution >= 4 is 10.0 Å². The lowest BCUT2D eigenvalue weighted by Crippen LogP contribution is -2.48. The summed E-state index contributed by atoms with van der Waals surface area (Å²) in [6, 6.07) is 0. The van der Waals surface area contributed by atoms with E-state index in [-0.39, 0.29) is 17.3 Å². The molecule has 0 aliphatic carbocycles. The summed E-state index contributed by atoms with van der Waals surface area (Å²) in [5, 5.41) is 3.28. The van der Waals surface area contributed by atoms with Crippen molar-refractivity contribution in [3.05, 3.63) is 0 Å². The van der Waals surface area contributed by atoms with Crippen molar-refractivity contribution in [2.75, 3.05) is 46.2 Å². The molecule has 1 saturated heterocycles. The Bertz CT molecular complexity index is 347. The molecule has 0 spiro atoms. The monoisotopic (exact) mass is 294 g/mol. The maximum Gasteiger partial charge on any atom is 0.214 e. The topological polar surface area (TPSA) is 76.7 Å². The highest BCUT2D eigenvalue weighted by Gasteiger charge is 2.33. The van der Waals surface area contributed by atoms with Gasteiger partial charge in [-0.1, -0.05) is 0 Å². The first-order chi connectivity index (χ1) is 8.93. The van der Waals surface area contributed by atoms with E-state index in [9.17, 15) is 8.42 Å². The lowest BCUT2D eigenvalue weighted by atomic mass is 9.80. The van der Waals surface area contributed by atoms with Crippen molar-refractivity contribution in [2.45, 2.75) is 25.9 Å². The Morgan fingerprint density at radius 1 is 1.32 bits per heavy atom. The number of methoxy groups -OCH3 is 2. The molecule has 1 fully saturated rings. The molecule has 0 aromatic rings. The predicted molar refractivity (Wildman–Crippen MR) is 74.7 cm³/mol. The van der Waals surface area contributed by atoms with Gasteiger partial charge in [-0.15, -0.1) is 0 Å². The molecule has 0 aromatic carbocycles. The second-order valence-corrected chi connectivity index (χ2v) is 7.18. The predicted octanol–water partition coefficient (Wildman–Crippen LogP) is -0.0431. The summed E-state index contributed by atoms with van der Waals surface area (Å²) in [4.78, 5) is 0. The third-order valence-corrected chi connectivity index (χ3v) is 5.13. The Hall–Kier alpha value is -0.210. The summed E-state index contributed by atoms with van der Waals surface area (Å²) >= 11 is 0. The van der Waals surface area contributed by atoms with E-state index in [4.69, 9.17) is 9.47 Å². The molecule has 2 N–H and O–H groups in total. The van der Waals surface area contributed by atoms with Gasteiger partial charge in [-0.3, -0.25) is 0 Å². The van der Waals surface area contributed by atoms with Gasteiger partial charge in [-0.05, 0) is 32.9 Å². The first-order valence-electron chi connectivity index (χ1n) is 6.63. The molecule has 0 amide bonds. The quantitative estimate of drug-likeness (QED) is 0.657. The molecule has 1 atom stereocenters. The van der Waals surface area contributed by atoms with Gasteiger partial charge in [0.1, 0.15) is 0 Å². The SMILES string of the molecule is COCC1(CNS(=O)(=O)CC(C)OC)CCNCC1. The Balaban J connectivity index is 2.55. The average molecular weight is 294 g/mol. The Morgan fingerprint density at radius 2 is 1.95 bits per heavy atom. The fourth-order valence-corrected chi connectivity index (χ4v) is 3.73. The lowest BCUT2D eigenvalue weighted by Gasteiger charge is -2.37. The van der Waals surface area contributed by atoms with Crippen LogP contribution in [-0.2, 0) is 19.5 Å². The zero-order valence-corrected chi connectivity index (χ0v) is 12.9. The van der Waals surface area contributed by atoms with Gasteiger partial charge in [-0.2, -0.15) is 0 Å². The highest BCUT2D eigenvalue weighted by atomic mass is 32.2. The van der Waals surface area contributed by atoms with Gasteiger partial charge in [-0.25, -0.2) is 13.1 Å². The molecule has 1 unspecified atom stereocenters. The first kappa shape index (κ1) is 16.8. The maximum absolute atomic E-state index is 11.9. The largest absolute Gasteiger partial charge is 0.384 e. The highest BCUT2D eigenvalue weighted by Crippen LogP contribution is 2.28. The molecule has 19 heavy (non-hydrogen) atoms. The average Bonchev–Trinajstić information content (AvgIpc) is 2.38. The Labute approximate surface area is 116 Å². The molecule has 0 saturated carbocycles. The van der Waals surface area contributed by atoms with Crippen molar-refractivity contribution in [1.82, 2.24) is 10.0 Å². The molecule has 0 bridgehead atoms. The normalized spacial score (nSPS) is 21.2. The van der Waals surface area contributed by atoms with Crippen molar-refractivity contribution < 1.29 is 17.9 Å². The van der Waals surface area contributed by atoms with Crippen molar-refractivity contribution in [3.8, 4) is 0 Å². The highest BCUT2D eigenvalue weighted by molar-refractivity contribution is 7.89. The number of ether oxygens (including phenoxy) is 2. The third-order valence-electron chi connectivity index (χ3n) is 3.64. The lowest BCUT2D eigenvalue weighted by molar-refractivity contribution is 0.0576. The van der Waals surface area contributed by atoms with Crippen LogP contribution >= 0.6 is 0 Å². The molecule has 6 nitrogen and oxygen atoms in total. The van der Waals surface area contributed by atoms with Crippen LogP contribution in [0.4, 0.5) is 0 Å². The van der Waals surface area contributed by atoms with Gasteiger partial charge in [0.05, 0.1) is 18.5 Å².